The minimum atomic E-state index is -0.331. The van der Waals surface area contributed by atoms with E-state index in [4.69, 9.17) is 10.5 Å². The predicted molar refractivity (Wildman–Crippen MR) is 33.1 cm³/mol. The van der Waals surface area contributed by atoms with Crippen molar-refractivity contribution in [3.63, 3.8) is 0 Å². The van der Waals surface area contributed by atoms with Crippen molar-refractivity contribution in [3.05, 3.63) is 12.2 Å². The van der Waals surface area contributed by atoms with Crippen LogP contribution in [0, 0.1) is 22.7 Å². The van der Waals surface area contributed by atoms with Gasteiger partial charge in [0.05, 0.1) is 12.1 Å². The second kappa shape index (κ2) is 4.36. The summed E-state index contributed by atoms with van der Waals surface area (Å²) in [6.07, 6.45) is 2.74. The minimum absolute atomic E-state index is 0.331. The Morgan fingerprint density at radius 1 is 1.50 bits per heavy atom. The van der Waals surface area contributed by atoms with E-state index in [0.717, 1.165) is 0 Å². The molecule has 0 fully saturated rings. The molecule has 0 saturated carbocycles. The number of nitrogens with zero attached hydrogens (tertiary/aromatic N) is 2. The molecule has 0 saturated heterocycles. The van der Waals surface area contributed by atoms with Gasteiger partial charge in [-0.1, -0.05) is 15.9 Å². The summed E-state index contributed by atoms with van der Waals surface area (Å²) in [5.74, 6) is 0. The second-order valence-corrected chi connectivity index (χ2v) is 2.01. The molecule has 0 aromatic rings. The van der Waals surface area contributed by atoms with E-state index in [9.17, 15) is 0 Å². The van der Waals surface area contributed by atoms with Gasteiger partial charge in [0.15, 0.2) is 0 Å². The summed E-state index contributed by atoms with van der Waals surface area (Å²) in [7, 11) is 0. The molecule has 0 N–H and O–H groups in total. The lowest BCUT2D eigenvalue weighted by Gasteiger charge is -1.80. The summed E-state index contributed by atoms with van der Waals surface area (Å²) >= 11 is 2.98. The fraction of sp³-hybridized carbons (Fsp3) is 0.200. The van der Waals surface area contributed by atoms with E-state index < -0.39 is 0 Å². The van der Waals surface area contributed by atoms with Gasteiger partial charge in [-0.3, -0.25) is 0 Å². The molecule has 0 aliphatic rings. The summed E-state index contributed by atoms with van der Waals surface area (Å²) in [6, 6.07) is 3.65. The van der Waals surface area contributed by atoms with Gasteiger partial charge in [-0.15, -0.1) is 0 Å². The molecule has 0 rings (SSSR count). The SMILES string of the molecule is N#CC=CC(Br)C#N. The normalized spacial score (nSPS) is 12.4. The molecule has 8 heavy (non-hydrogen) atoms. The first-order valence-corrected chi connectivity index (χ1v) is 2.83. The van der Waals surface area contributed by atoms with Gasteiger partial charge in [0.1, 0.15) is 4.83 Å². The van der Waals surface area contributed by atoms with E-state index in [-0.39, 0.29) is 4.83 Å². The van der Waals surface area contributed by atoms with Crippen LogP contribution in [0.2, 0.25) is 0 Å². The average molecular weight is 171 g/mol. The van der Waals surface area contributed by atoms with Gasteiger partial charge in [0.25, 0.3) is 0 Å². The van der Waals surface area contributed by atoms with Crippen LogP contribution < -0.4 is 0 Å². The van der Waals surface area contributed by atoms with E-state index in [1.165, 1.54) is 12.2 Å². The molecule has 0 bridgehead atoms. The Balaban J connectivity index is 3.61. The molecule has 3 heteroatoms. The third-order valence-electron chi connectivity index (χ3n) is 0.463. The number of alkyl halides is 1. The van der Waals surface area contributed by atoms with Crippen molar-refractivity contribution < 1.29 is 0 Å². The molecule has 0 aliphatic carbocycles. The number of hydrogen-bond acceptors (Lipinski definition) is 2. The molecule has 0 amide bonds. The maximum absolute atomic E-state index is 8.10. The number of hydrogen-bond donors (Lipinski definition) is 0. The van der Waals surface area contributed by atoms with Gasteiger partial charge < -0.3 is 0 Å². The maximum atomic E-state index is 8.10. The number of allylic oxidation sites excluding steroid dienone is 2. The lowest BCUT2D eigenvalue weighted by Crippen LogP contribution is -1.81. The van der Waals surface area contributed by atoms with Crippen molar-refractivity contribution in [1.29, 1.82) is 10.5 Å². The van der Waals surface area contributed by atoms with Crippen molar-refractivity contribution in [2.45, 2.75) is 4.83 Å². The minimum Gasteiger partial charge on any atom is -0.197 e. The fourth-order valence-corrected chi connectivity index (χ4v) is 0.323. The van der Waals surface area contributed by atoms with E-state index in [2.05, 4.69) is 15.9 Å². The zero-order valence-electron chi connectivity index (χ0n) is 4.00. The van der Waals surface area contributed by atoms with E-state index in [0.29, 0.717) is 0 Å². The van der Waals surface area contributed by atoms with Crippen LogP contribution in [-0.2, 0) is 0 Å². The number of halogens is 1. The fourth-order valence-electron chi connectivity index (χ4n) is 0.171. The molecule has 0 aliphatic heterocycles. The number of nitriles is 2. The first-order valence-electron chi connectivity index (χ1n) is 1.91. The summed E-state index contributed by atoms with van der Waals surface area (Å²) in [5.41, 5.74) is 0. The van der Waals surface area contributed by atoms with Crippen molar-refractivity contribution in [2.75, 3.05) is 0 Å². The summed E-state index contributed by atoms with van der Waals surface area (Å²) < 4.78 is 0. The third kappa shape index (κ3) is 3.39. The average Bonchev–Trinajstić information content (AvgIpc) is 1.83. The first kappa shape index (κ1) is 7.20. The van der Waals surface area contributed by atoms with Crippen LogP contribution in [0.1, 0.15) is 0 Å². The van der Waals surface area contributed by atoms with Crippen LogP contribution in [0.5, 0.6) is 0 Å². The largest absolute Gasteiger partial charge is 0.197 e. The highest BCUT2D eigenvalue weighted by Gasteiger charge is 1.89. The Bertz CT molecular complexity index is 160. The van der Waals surface area contributed by atoms with Crippen molar-refractivity contribution in [2.24, 2.45) is 0 Å². The highest BCUT2D eigenvalue weighted by Crippen LogP contribution is 1.96. The molecule has 0 aromatic heterocycles. The van der Waals surface area contributed by atoms with E-state index in [1.807, 2.05) is 6.07 Å². The van der Waals surface area contributed by atoms with Crippen LogP contribution in [0.25, 0.3) is 0 Å². The van der Waals surface area contributed by atoms with Crippen molar-refractivity contribution >= 4 is 15.9 Å². The van der Waals surface area contributed by atoms with Gasteiger partial charge in [0.2, 0.25) is 0 Å². The first-order chi connectivity index (χ1) is 3.81. The van der Waals surface area contributed by atoms with Crippen LogP contribution in [0.15, 0.2) is 12.2 Å². The second-order valence-electron chi connectivity index (χ2n) is 1.02. The zero-order chi connectivity index (χ0) is 6.41. The van der Waals surface area contributed by atoms with Gasteiger partial charge in [-0.25, -0.2) is 0 Å². The molecule has 2 nitrogen and oxygen atoms in total. The summed E-state index contributed by atoms with van der Waals surface area (Å²) in [6.45, 7) is 0. The van der Waals surface area contributed by atoms with E-state index in [1.54, 1.807) is 6.07 Å². The van der Waals surface area contributed by atoms with Gasteiger partial charge >= 0.3 is 0 Å². The molecule has 0 spiro atoms. The van der Waals surface area contributed by atoms with Crippen LogP contribution in [-0.4, -0.2) is 4.83 Å². The molecule has 40 valence electrons. The van der Waals surface area contributed by atoms with Gasteiger partial charge in [-0.2, -0.15) is 10.5 Å². The highest BCUT2D eigenvalue weighted by atomic mass is 79.9. The summed E-state index contributed by atoms with van der Waals surface area (Å²) in [5, 5.41) is 16.0. The monoisotopic (exact) mass is 170 g/mol. The molecule has 0 heterocycles. The topological polar surface area (TPSA) is 47.6 Å². The Labute approximate surface area is 56.2 Å². The third-order valence-corrected chi connectivity index (χ3v) is 0.973. The molecule has 1 unspecified atom stereocenters. The predicted octanol–water partition coefficient (Wildman–Crippen LogP) is 1.35. The van der Waals surface area contributed by atoms with Crippen molar-refractivity contribution in [3.8, 4) is 12.1 Å². The van der Waals surface area contributed by atoms with Crippen LogP contribution in [0.4, 0.5) is 0 Å². The lowest BCUT2D eigenvalue weighted by molar-refractivity contribution is 1.39. The van der Waals surface area contributed by atoms with Crippen LogP contribution in [0.3, 0.4) is 0 Å². The summed E-state index contributed by atoms with van der Waals surface area (Å²) in [4.78, 5) is -0.331. The van der Waals surface area contributed by atoms with Gasteiger partial charge in [-0.05, 0) is 6.08 Å². The smallest absolute Gasteiger partial charge is 0.120 e. The molecule has 0 aromatic carbocycles. The Kier molecular flexibility index (Phi) is 3.93. The molecule has 0 radical (unpaired) electrons. The Hall–Kier alpha value is -0.800. The molecular weight excluding hydrogens is 168 g/mol. The Morgan fingerprint density at radius 3 is 2.50 bits per heavy atom. The number of rotatable bonds is 1. The zero-order valence-corrected chi connectivity index (χ0v) is 5.59. The van der Waals surface area contributed by atoms with Crippen molar-refractivity contribution in [1.82, 2.24) is 0 Å². The highest BCUT2D eigenvalue weighted by molar-refractivity contribution is 9.09. The standard InChI is InChI=1S/C5H3BrN2/c6-5(4-8)2-1-3-7/h1-2,5H. The molecular formula is C5H3BrN2. The quantitative estimate of drug-likeness (QED) is 0.441. The molecule has 1 atom stereocenters. The van der Waals surface area contributed by atoms with Gasteiger partial charge in [0, 0.05) is 6.08 Å². The lowest BCUT2D eigenvalue weighted by atomic mass is 10.4. The maximum Gasteiger partial charge on any atom is 0.120 e. The Morgan fingerprint density at radius 2 is 2.12 bits per heavy atom. The van der Waals surface area contributed by atoms with E-state index >= 15 is 0 Å². The van der Waals surface area contributed by atoms with Crippen LogP contribution >= 0.6 is 15.9 Å².